The highest BCUT2D eigenvalue weighted by molar-refractivity contribution is 14.1. The normalized spacial score (nSPS) is 10.6. The van der Waals surface area contributed by atoms with Crippen LogP contribution in [0.25, 0.3) is 0 Å². The van der Waals surface area contributed by atoms with Gasteiger partial charge in [-0.1, -0.05) is 11.6 Å². The first-order valence-electron chi connectivity index (χ1n) is 7.08. The molecule has 0 aliphatic carbocycles. The number of hydrogen-bond donors (Lipinski definition) is 1. The third-order valence-electron chi connectivity index (χ3n) is 3.29. The van der Waals surface area contributed by atoms with Crippen molar-refractivity contribution in [3.8, 4) is 17.2 Å². The molecule has 0 aliphatic heterocycles. The maximum atomic E-state index is 12.1. The lowest BCUT2D eigenvalue weighted by atomic mass is 10.2. The Labute approximate surface area is 164 Å². The van der Waals surface area contributed by atoms with E-state index in [9.17, 15) is 4.79 Å². The molecule has 0 heterocycles. The smallest absolute Gasteiger partial charge is 0.271 e. The van der Waals surface area contributed by atoms with Gasteiger partial charge >= 0.3 is 0 Å². The molecule has 6 nitrogen and oxygen atoms in total. The van der Waals surface area contributed by atoms with Crippen molar-refractivity contribution in [1.29, 1.82) is 0 Å². The number of rotatable bonds is 6. The van der Waals surface area contributed by atoms with Gasteiger partial charge < -0.3 is 14.2 Å². The average molecular weight is 475 g/mol. The SMILES string of the molecule is COc1ccc(C(=O)N/N=C/c2cc(OC)c(OC)cc2Cl)cc1I. The molecule has 1 N–H and O–H groups in total. The number of hydrogen-bond acceptors (Lipinski definition) is 5. The van der Waals surface area contributed by atoms with Crippen molar-refractivity contribution >= 4 is 46.3 Å². The Hall–Kier alpha value is -2.00. The highest BCUT2D eigenvalue weighted by Crippen LogP contribution is 2.32. The second kappa shape index (κ2) is 8.91. The number of methoxy groups -OCH3 is 3. The molecule has 25 heavy (non-hydrogen) atoms. The average Bonchev–Trinajstić information content (AvgIpc) is 2.62. The summed E-state index contributed by atoms with van der Waals surface area (Å²) in [6.45, 7) is 0. The number of halogens is 2. The molecule has 0 spiro atoms. The van der Waals surface area contributed by atoms with Crippen molar-refractivity contribution < 1.29 is 19.0 Å². The van der Waals surface area contributed by atoms with Crippen LogP contribution in [-0.4, -0.2) is 33.5 Å². The maximum Gasteiger partial charge on any atom is 0.271 e. The van der Waals surface area contributed by atoms with E-state index in [2.05, 4.69) is 33.1 Å². The fourth-order valence-electron chi connectivity index (χ4n) is 2.00. The van der Waals surface area contributed by atoms with Gasteiger partial charge in [0.25, 0.3) is 5.91 Å². The summed E-state index contributed by atoms with van der Waals surface area (Å²) >= 11 is 8.27. The maximum absolute atomic E-state index is 12.1. The number of carbonyl (C=O) groups is 1. The zero-order valence-electron chi connectivity index (χ0n) is 13.8. The third kappa shape index (κ3) is 4.76. The van der Waals surface area contributed by atoms with E-state index in [0.717, 1.165) is 3.57 Å². The number of nitrogens with zero attached hydrogens (tertiary/aromatic N) is 1. The molecule has 0 bridgehead atoms. The zero-order valence-corrected chi connectivity index (χ0v) is 16.7. The van der Waals surface area contributed by atoms with Crippen LogP contribution in [0.2, 0.25) is 5.02 Å². The first-order valence-corrected chi connectivity index (χ1v) is 8.54. The molecule has 0 radical (unpaired) electrons. The van der Waals surface area contributed by atoms with Gasteiger partial charge in [0.15, 0.2) is 11.5 Å². The predicted molar refractivity (Wildman–Crippen MR) is 105 cm³/mol. The van der Waals surface area contributed by atoms with E-state index in [1.165, 1.54) is 20.4 Å². The molecule has 2 aromatic rings. The van der Waals surface area contributed by atoms with Gasteiger partial charge in [-0.15, -0.1) is 0 Å². The van der Waals surface area contributed by atoms with E-state index in [0.29, 0.717) is 33.4 Å². The third-order valence-corrected chi connectivity index (χ3v) is 4.46. The Kier molecular flexibility index (Phi) is 6.89. The summed E-state index contributed by atoms with van der Waals surface area (Å²) < 4.78 is 16.4. The molecule has 0 fully saturated rings. The second-order valence-corrected chi connectivity index (χ2v) is 6.35. The lowest BCUT2D eigenvalue weighted by Gasteiger charge is -2.09. The van der Waals surface area contributed by atoms with Crippen molar-refractivity contribution in [2.75, 3.05) is 21.3 Å². The molecule has 0 aromatic heterocycles. The van der Waals surface area contributed by atoms with Crippen LogP contribution < -0.4 is 19.6 Å². The molecule has 132 valence electrons. The van der Waals surface area contributed by atoms with Crippen molar-refractivity contribution in [1.82, 2.24) is 5.43 Å². The summed E-state index contributed by atoms with van der Waals surface area (Å²) in [4.78, 5) is 12.1. The summed E-state index contributed by atoms with van der Waals surface area (Å²) in [7, 11) is 4.63. The van der Waals surface area contributed by atoms with E-state index >= 15 is 0 Å². The Bertz CT molecular complexity index is 811. The molecule has 8 heteroatoms. The lowest BCUT2D eigenvalue weighted by Crippen LogP contribution is -2.17. The number of amides is 1. The minimum absolute atomic E-state index is 0.339. The molecule has 2 aromatic carbocycles. The van der Waals surface area contributed by atoms with Gasteiger partial charge in [-0.25, -0.2) is 5.43 Å². The van der Waals surface area contributed by atoms with Crippen molar-refractivity contribution in [2.24, 2.45) is 5.10 Å². The van der Waals surface area contributed by atoms with Crippen LogP contribution in [0.15, 0.2) is 35.4 Å². The Balaban J connectivity index is 2.12. The van der Waals surface area contributed by atoms with Gasteiger partial charge in [0.2, 0.25) is 0 Å². The van der Waals surface area contributed by atoms with Crippen LogP contribution in [0.1, 0.15) is 15.9 Å². The van der Waals surface area contributed by atoms with Crippen LogP contribution >= 0.6 is 34.2 Å². The van der Waals surface area contributed by atoms with Crippen molar-refractivity contribution in [2.45, 2.75) is 0 Å². The van der Waals surface area contributed by atoms with Crippen molar-refractivity contribution in [3.05, 3.63) is 50.1 Å². The van der Waals surface area contributed by atoms with Crippen LogP contribution in [0.3, 0.4) is 0 Å². The highest BCUT2D eigenvalue weighted by Gasteiger charge is 2.10. The van der Waals surface area contributed by atoms with Gasteiger partial charge in [-0.05, 0) is 46.9 Å². The van der Waals surface area contributed by atoms with E-state index in [1.807, 2.05) is 0 Å². The Morgan fingerprint density at radius 1 is 1.08 bits per heavy atom. The second-order valence-electron chi connectivity index (χ2n) is 4.78. The van der Waals surface area contributed by atoms with E-state index in [4.69, 9.17) is 25.8 Å². The molecule has 1 amide bonds. The van der Waals surface area contributed by atoms with E-state index in [-0.39, 0.29) is 5.91 Å². The molecule has 2 rings (SSSR count). The number of benzene rings is 2. The summed E-state index contributed by atoms with van der Waals surface area (Å²) in [6, 6.07) is 8.40. The summed E-state index contributed by atoms with van der Waals surface area (Å²) in [5, 5.41) is 4.37. The minimum Gasteiger partial charge on any atom is -0.496 e. The topological polar surface area (TPSA) is 69.2 Å². The number of nitrogens with one attached hydrogen (secondary N) is 1. The predicted octanol–water partition coefficient (Wildman–Crippen LogP) is 3.73. The standard InChI is InChI=1S/C17H16ClIN2O4/c1-23-14-5-4-10(6-13(14)19)17(22)21-20-9-11-7-15(24-2)16(25-3)8-12(11)18/h4-9H,1-3H3,(H,21,22)/b20-9+. The molecule has 0 unspecified atom stereocenters. The van der Waals surface area contributed by atoms with Gasteiger partial charge in [-0.2, -0.15) is 5.10 Å². The summed E-state index contributed by atoms with van der Waals surface area (Å²) in [6.07, 6.45) is 1.44. The van der Waals surface area contributed by atoms with E-state index < -0.39 is 0 Å². The van der Waals surface area contributed by atoms with Gasteiger partial charge in [0.05, 0.1) is 36.1 Å². The Morgan fingerprint density at radius 3 is 2.32 bits per heavy atom. The number of carbonyl (C=O) groups excluding carboxylic acids is 1. The van der Waals surface area contributed by atoms with Crippen molar-refractivity contribution in [3.63, 3.8) is 0 Å². The fourth-order valence-corrected chi connectivity index (χ4v) is 2.94. The molecular weight excluding hydrogens is 459 g/mol. The summed E-state index contributed by atoms with van der Waals surface area (Å²) in [5.41, 5.74) is 3.52. The molecule has 0 aliphatic rings. The first kappa shape index (κ1) is 19.3. The summed E-state index contributed by atoms with van der Waals surface area (Å²) in [5.74, 6) is 1.40. The van der Waals surface area contributed by atoms with Crippen LogP contribution in [0, 0.1) is 3.57 Å². The molecule has 0 atom stereocenters. The van der Waals surface area contributed by atoms with Gasteiger partial charge in [0, 0.05) is 17.2 Å². The number of ether oxygens (including phenoxy) is 3. The quantitative estimate of drug-likeness (QED) is 0.393. The first-order chi connectivity index (χ1) is 12.0. The van der Waals surface area contributed by atoms with Gasteiger partial charge in [0.1, 0.15) is 5.75 Å². The van der Waals surface area contributed by atoms with Crippen LogP contribution in [0.5, 0.6) is 17.2 Å². The van der Waals surface area contributed by atoms with E-state index in [1.54, 1.807) is 37.4 Å². The molecular formula is C17H16ClIN2O4. The fraction of sp³-hybridized carbons (Fsp3) is 0.176. The van der Waals surface area contributed by atoms with Crippen LogP contribution in [0.4, 0.5) is 0 Å². The van der Waals surface area contributed by atoms with Gasteiger partial charge in [-0.3, -0.25) is 4.79 Å². The molecule has 0 saturated heterocycles. The zero-order chi connectivity index (χ0) is 18.4. The Morgan fingerprint density at radius 2 is 1.72 bits per heavy atom. The number of hydrazone groups is 1. The largest absolute Gasteiger partial charge is 0.496 e. The molecule has 0 saturated carbocycles. The minimum atomic E-state index is -0.339. The lowest BCUT2D eigenvalue weighted by molar-refractivity contribution is 0.0955. The monoisotopic (exact) mass is 474 g/mol. The van der Waals surface area contributed by atoms with Crippen LogP contribution in [-0.2, 0) is 0 Å². The highest BCUT2D eigenvalue weighted by atomic mass is 127.